The molecule has 0 unspecified atom stereocenters. The van der Waals surface area contributed by atoms with E-state index in [-0.39, 0.29) is 13.0 Å². The van der Waals surface area contributed by atoms with Gasteiger partial charge in [0.25, 0.3) is 5.91 Å². The number of carbonyl (C=O) groups is 2. The van der Waals surface area contributed by atoms with Crippen LogP contribution in [0.1, 0.15) is 13.3 Å². The molecular formula is C13H17NO5. The summed E-state index contributed by atoms with van der Waals surface area (Å²) in [6, 6.07) is 6.97. The first kappa shape index (κ1) is 14.8. The summed E-state index contributed by atoms with van der Waals surface area (Å²) in [5.41, 5.74) is 4.97. The van der Waals surface area contributed by atoms with E-state index in [2.05, 4.69) is 0 Å². The van der Waals surface area contributed by atoms with Crippen LogP contribution in [0, 0.1) is 0 Å². The molecule has 2 N–H and O–H groups in total. The van der Waals surface area contributed by atoms with Gasteiger partial charge in [0.1, 0.15) is 11.5 Å². The van der Waals surface area contributed by atoms with Gasteiger partial charge in [-0.1, -0.05) is 0 Å². The third kappa shape index (κ3) is 5.29. The van der Waals surface area contributed by atoms with Crippen LogP contribution in [0.3, 0.4) is 0 Å². The van der Waals surface area contributed by atoms with Crippen molar-refractivity contribution in [3.63, 3.8) is 0 Å². The van der Waals surface area contributed by atoms with Gasteiger partial charge in [-0.25, -0.2) is 0 Å². The van der Waals surface area contributed by atoms with Gasteiger partial charge in [0.2, 0.25) is 0 Å². The van der Waals surface area contributed by atoms with Gasteiger partial charge in [-0.15, -0.1) is 0 Å². The lowest BCUT2D eigenvalue weighted by Gasteiger charge is -2.10. The van der Waals surface area contributed by atoms with E-state index in [1.54, 1.807) is 31.4 Å². The molecule has 0 spiro atoms. The number of hydrogen-bond acceptors (Lipinski definition) is 5. The molecule has 6 heteroatoms. The maximum Gasteiger partial charge on any atom is 0.310 e. The Morgan fingerprint density at radius 1 is 1.21 bits per heavy atom. The summed E-state index contributed by atoms with van der Waals surface area (Å²) in [7, 11) is 1.58. The molecule has 0 aliphatic rings. The number of rotatable bonds is 7. The fourth-order valence-electron chi connectivity index (χ4n) is 1.24. The topological polar surface area (TPSA) is 87.8 Å². The summed E-state index contributed by atoms with van der Waals surface area (Å²) < 4.78 is 15.1. The van der Waals surface area contributed by atoms with Crippen LogP contribution in [0.4, 0.5) is 0 Å². The molecule has 1 amide bonds. The van der Waals surface area contributed by atoms with Crippen molar-refractivity contribution in [3.05, 3.63) is 24.3 Å². The first-order valence-electron chi connectivity index (χ1n) is 5.78. The molecule has 0 saturated carbocycles. The normalized spacial score (nSPS) is 11.5. The number of amides is 1. The molecule has 1 aromatic rings. The summed E-state index contributed by atoms with van der Waals surface area (Å²) >= 11 is 0. The van der Waals surface area contributed by atoms with Gasteiger partial charge in [-0.05, 0) is 31.2 Å². The van der Waals surface area contributed by atoms with Crippen molar-refractivity contribution in [3.8, 4) is 11.5 Å². The third-order valence-electron chi connectivity index (χ3n) is 2.34. The molecule has 0 fully saturated rings. The molecule has 0 aromatic heterocycles. The van der Waals surface area contributed by atoms with Crippen LogP contribution >= 0.6 is 0 Å². The molecule has 19 heavy (non-hydrogen) atoms. The highest BCUT2D eigenvalue weighted by molar-refractivity contribution is 5.81. The van der Waals surface area contributed by atoms with E-state index in [1.807, 2.05) is 0 Å². The number of primary amides is 1. The van der Waals surface area contributed by atoms with Crippen molar-refractivity contribution in [2.24, 2.45) is 5.73 Å². The van der Waals surface area contributed by atoms with E-state index in [9.17, 15) is 9.59 Å². The molecule has 104 valence electrons. The number of nitrogens with two attached hydrogens (primary N) is 1. The highest BCUT2D eigenvalue weighted by Crippen LogP contribution is 2.17. The Kier molecular flexibility index (Phi) is 5.66. The minimum absolute atomic E-state index is 0.0453. The molecule has 1 rings (SSSR count). The number of esters is 1. The molecule has 0 bridgehead atoms. The maximum absolute atomic E-state index is 11.3. The Morgan fingerprint density at radius 3 is 2.32 bits per heavy atom. The summed E-state index contributed by atoms with van der Waals surface area (Å²) in [5.74, 6) is 0.142. The van der Waals surface area contributed by atoms with Gasteiger partial charge < -0.3 is 19.9 Å². The van der Waals surface area contributed by atoms with Crippen molar-refractivity contribution in [2.45, 2.75) is 19.4 Å². The van der Waals surface area contributed by atoms with Gasteiger partial charge in [-0.2, -0.15) is 0 Å². The minimum Gasteiger partial charge on any atom is -0.497 e. The standard InChI is InChI=1S/C13H17NO5/c1-9(13(14)16)19-12(15)7-8-18-11-5-3-10(17-2)4-6-11/h3-6,9H,7-8H2,1-2H3,(H2,14,16)/t9-/m1/s1. The Hall–Kier alpha value is -2.24. The Balaban J connectivity index is 2.29. The van der Waals surface area contributed by atoms with E-state index >= 15 is 0 Å². The van der Waals surface area contributed by atoms with Crippen molar-refractivity contribution in [2.75, 3.05) is 13.7 Å². The molecule has 0 aliphatic heterocycles. The number of benzene rings is 1. The van der Waals surface area contributed by atoms with Crippen LogP contribution in [-0.4, -0.2) is 31.7 Å². The van der Waals surface area contributed by atoms with Gasteiger partial charge >= 0.3 is 5.97 Å². The minimum atomic E-state index is -0.923. The zero-order valence-corrected chi connectivity index (χ0v) is 10.9. The highest BCUT2D eigenvalue weighted by Gasteiger charge is 2.14. The Bertz CT molecular complexity index is 429. The van der Waals surface area contributed by atoms with E-state index in [0.717, 1.165) is 5.75 Å². The Morgan fingerprint density at radius 2 is 1.79 bits per heavy atom. The zero-order chi connectivity index (χ0) is 14.3. The number of ether oxygens (including phenoxy) is 3. The fourth-order valence-corrected chi connectivity index (χ4v) is 1.24. The molecule has 1 atom stereocenters. The maximum atomic E-state index is 11.3. The van der Waals surface area contributed by atoms with Crippen molar-refractivity contribution >= 4 is 11.9 Å². The predicted octanol–water partition coefficient (Wildman–Crippen LogP) is 0.881. The predicted molar refractivity (Wildman–Crippen MR) is 67.9 cm³/mol. The van der Waals surface area contributed by atoms with Crippen LogP contribution in [0.5, 0.6) is 11.5 Å². The van der Waals surface area contributed by atoms with Crippen LogP contribution < -0.4 is 15.2 Å². The van der Waals surface area contributed by atoms with Gasteiger partial charge in [-0.3, -0.25) is 9.59 Å². The fraction of sp³-hybridized carbons (Fsp3) is 0.385. The number of methoxy groups -OCH3 is 1. The highest BCUT2D eigenvalue weighted by atomic mass is 16.5. The molecule has 0 aliphatic carbocycles. The van der Waals surface area contributed by atoms with E-state index in [4.69, 9.17) is 19.9 Å². The number of carbonyl (C=O) groups excluding carboxylic acids is 2. The molecule has 0 radical (unpaired) electrons. The molecule has 0 heterocycles. The molecule has 1 aromatic carbocycles. The third-order valence-corrected chi connectivity index (χ3v) is 2.34. The van der Waals surface area contributed by atoms with Gasteiger partial charge in [0.15, 0.2) is 6.10 Å². The van der Waals surface area contributed by atoms with Crippen LogP contribution in [0.2, 0.25) is 0 Å². The van der Waals surface area contributed by atoms with E-state index in [0.29, 0.717) is 5.75 Å². The van der Waals surface area contributed by atoms with Gasteiger partial charge in [0, 0.05) is 0 Å². The first-order chi connectivity index (χ1) is 9.02. The van der Waals surface area contributed by atoms with Crippen LogP contribution in [-0.2, 0) is 14.3 Å². The van der Waals surface area contributed by atoms with Crippen molar-refractivity contribution in [1.29, 1.82) is 0 Å². The largest absolute Gasteiger partial charge is 0.497 e. The SMILES string of the molecule is COc1ccc(OCCC(=O)O[C@H](C)C(N)=O)cc1. The van der Waals surface area contributed by atoms with Crippen molar-refractivity contribution < 1.29 is 23.8 Å². The molecule has 0 saturated heterocycles. The second-order valence-corrected chi connectivity index (χ2v) is 3.81. The molecular weight excluding hydrogens is 250 g/mol. The van der Waals surface area contributed by atoms with Crippen LogP contribution in [0.25, 0.3) is 0 Å². The Labute approximate surface area is 111 Å². The summed E-state index contributed by atoms with van der Waals surface area (Å²) in [4.78, 5) is 22.0. The lowest BCUT2D eigenvalue weighted by atomic mass is 10.3. The first-order valence-corrected chi connectivity index (χ1v) is 5.78. The molecule has 6 nitrogen and oxygen atoms in total. The lowest BCUT2D eigenvalue weighted by Crippen LogP contribution is -2.30. The lowest BCUT2D eigenvalue weighted by molar-refractivity contribution is -0.154. The quantitative estimate of drug-likeness (QED) is 0.741. The van der Waals surface area contributed by atoms with Crippen molar-refractivity contribution in [1.82, 2.24) is 0 Å². The average Bonchev–Trinajstić information content (AvgIpc) is 2.39. The average molecular weight is 267 g/mol. The number of hydrogen-bond donors (Lipinski definition) is 1. The second-order valence-electron chi connectivity index (χ2n) is 3.81. The van der Waals surface area contributed by atoms with E-state index in [1.165, 1.54) is 6.92 Å². The second kappa shape index (κ2) is 7.25. The summed E-state index contributed by atoms with van der Waals surface area (Å²) in [5, 5.41) is 0. The smallest absolute Gasteiger partial charge is 0.310 e. The summed E-state index contributed by atoms with van der Waals surface area (Å²) in [6.45, 7) is 1.58. The van der Waals surface area contributed by atoms with Gasteiger partial charge in [0.05, 0.1) is 20.1 Å². The zero-order valence-electron chi connectivity index (χ0n) is 10.9. The monoisotopic (exact) mass is 267 g/mol. The van der Waals surface area contributed by atoms with E-state index < -0.39 is 18.0 Å². The van der Waals surface area contributed by atoms with Crippen LogP contribution in [0.15, 0.2) is 24.3 Å². The summed E-state index contributed by atoms with van der Waals surface area (Å²) in [6.07, 6.45) is -0.877.